The van der Waals surface area contributed by atoms with Crippen molar-refractivity contribution in [3.8, 4) is 11.4 Å². The van der Waals surface area contributed by atoms with Gasteiger partial charge in [-0.05, 0) is 44.9 Å². The van der Waals surface area contributed by atoms with Gasteiger partial charge in [0.25, 0.3) is 0 Å². The van der Waals surface area contributed by atoms with Gasteiger partial charge in [0.05, 0.1) is 22.3 Å². The highest BCUT2D eigenvalue weighted by Crippen LogP contribution is 2.41. The molecule has 110 valence electrons. The first kappa shape index (κ1) is 13.1. The fraction of sp³-hybridized carbons (Fsp3) is 0.294. The Balaban J connectivity index is 2.01. The van der Waals surface area contributed by atoms with Gasteiger partial charge in [-0.3, -0.25) is 4.79 Å². The molecule has 5 heteroatoms. The molecule has 1 aliphatic rings. The summed E-state index contributed by atoms with van der Waals surface area (Å²) in [5.41, 5.74) is 4.53. The molecular formula is C17H16N4O. The molecule has 22 heavy (non-hydrogen) atoms. The quantitative estimate of drug-likeness (QED) is 0.695. The van der Waals surface area contributed by atoms with E-state index in [1.807, 2.05) is 31.3 Å². The first-order valence-electron chi connectivity index (χ1n) is 7.45. The predicted molar refractivity (Wildman–Crippen MR) is 83.8 cm³/mol. The van der Waals surface area contributed by atoms with Crippen LogP contribution in [0.5, 0.6) is 0 Å². The summed E-state index contributed by atoms with van der Waals surface area (Å²) in [7, 11) is 0. The molecule has 0 amide bonds. The number of nitrogens with zero attached hydrogens (tertiary/aromatic N) is 4. The maximum Gasteiger partial charge on any atom is 0.159 e. The largest absolute Gasteiger partial charge is 0.321 e. The Morgan fingerprint density at radius 3 is 2.82 bits per heavy atom. The number of ketones is 1. The topological polar surface area (TPSA) is 60.7 Å². The average molecular weight is 292 g/mol. The Bertz CT molecular complexity index is 893. The maximum absolute atomic E-state index is 11.7. The summed E-state index contributed by atoms with van der Waals surface area (Å²) >= 11 is 0. The highest BCUT2D eigenvalue weighted by atomic mass is 16.1. The van der Waals surface area contributed by atoms with Crippen molar-refractivity contribution >= 4 is 16.8 Å². The van der Waals surface area contributed by atoms with E-state index in [1.54, 1.807) is 13.3 Å². The lowest BCUT2D eigenvalue weighted by Gasteiger charge is -2.09. The molecule has 5 nitrogen and oxygen atoms in total. The molecule has 0 N–H and O–H groups in total. The van der Waals surface area contributed by atoms with Crippen molar-refractivity contribution in [2.24, 2.45) is 0 Å². The minimum absolute atomic E-state index is 0.0752. The molecule has 1 saturated carbocycles. The van der Waals surface area contributed by atoms with Gasteiger partial charge in [0.2, 0.25) is 0 Å². The molecule has 0 saturated heterocycles. The highest BCUT2D eigenvalue weighted by molar-refractivity contribution is 5.97. The first-order chi connectivity index (χ1) is 10.6. The van der Waals surface area contributed by atoms with Crippen molar-refractivity contribution in [1.29, 1.82) is 0 Å². The number of imidazole rings is 1. The van der Waals surface area contributed by atoms with Gasteiger partial charge in [-0.25, -0.2) is 15.0 Å². The minimum Gasteiger partial charge on any atom is -0.321 e. The van der Waals surface area contributed by atoms with E-state index in [1.165, 1.54) is 0 Å². The number of carbonyl (C=O) groups excluding carboxylic acids is 1. The van der Waals surface area contributed by atoms with Crippen LogP contribution >= 0.6 is 0 Å². The van der Waals surface area contributed by atoms with E-state index in [-0.39, 0.29) is 5.78 Å². The Morgan fingerprint density at radius 2 is 2.14 bits per heavy atom. The molecule has 1 fully saturated rings. The molecular weight excluding hydrogens is 276 g/mol. The van der Waals surface area contributed by atoms with Crippen LogP contribution in [0.2, 0.25) is 0 Å². The molecule has 0 aliphatic heterocycles. The van der Waals surface area contributed by atoms with E-state index < -0.39 is 0 Å². The summed E-state index contributed by atoms with van der Waals surface area (Å²) in [4.78, 5) is 24.9. The third-order valence-electron chi connectivity index (χ3n) is 4.16. The fourth-order valence-corrected chi connectivity index (χ4v) is 2.81. The van der Waals surface area contributed by atoms with Gasteiger partial charge >= 0.3 is 0 Å². The van der Waals surface area contributed by atoms with Gasteiger partial charge in [0.15, 0.2) is 5.78 Å². The van der Waals surface area contributed by atoms with Crippen molar-refractivity contribution < 1.29 is 4.79 Å². The second-order valence-electron chi connectivity index (χ2n) is 5.82. The van der Waals surface area contributed by atoms with Crippen LogP contribution in [0.1, 0.15) is 41.9 Å². The fourth-order valence-electron chi connectivity index (χ4n) is 2.81. The van der Waals surface area contributed by atoms with E-state index >= 15 is 0 Å². The van der Waals surface area contributed by atoms with E-state index in [0.717, 1.165) is 46.5 Å². The van der Waals surface area contributed by atoms with Gasteiger partial charge in [0, 0.05) is 17.8 Å². The number of rotatable bonds is 3. The van der Waals surface area contributed by atoms with Crippen molar-refractivity contribution in [2.45, 2.75) is 32.7 Å². The van der Waals surface area contributed by atoms with Crippen LogP contribution in [0.15, 0.2) is 30.7 Å². The number of hydrogen-bond donors (Lipinski definition) is 0. The summed E-state index contributed by atoms with van der Waals surface area (Å²) < 4.78 is 2.24. The van der Waals surface area contributed by atoms with Crippen molar-refractivity contribution in [2.75, 3.05) is 0 Å². The van der Waals surface area contributed by atoms with Gasteiger partial charge in [-0.1, -0.05) is 0 Å². The zero-order valence-corrected chi connectivity index (χ0v) is 12.6. The highest BCUT2D eigenvalue weighted by Gasteiger charge is 2.29. The smallest absolute Gasteiger partial charge is 0.159 e. The zero-order valence-electron chi connectivity index (χ0n) is 12.6. The van der Waals surface area contributed by atoms with Crippen LogP contribution in [0.25, 0.3) is 22.4 Å². The zero-order chi connectivity index (χ0) is 15.3. The number of carbonyl (C=O) groups is 1. The number of fused-ring (bicyclic) bond motifs is 1. The molecule has 1 aromatic carbocycles. The summed E-state index contributed by atoms with van der Waals surface area (Å²) in [5, 5.41) is 0. The van der Waals surface area contributed by atoms with Gasteiger partial charge < -0.3 is 4.57 Å². The lowest BCUT2D eigenvalue weighted by atomic mass is 10.1. The molecule has 0 bridgehead atoms. The molecule has 1 aliphatic carbocycles. The Labute approximate surface area is 128 Å². The van der Waals surface area contributed by atoms with Crippen molar-refractivity contribution in [3.05, 3.63) is 42.0 Å². The monoisotopic (exact) mass is 292 g/mol. The number of hydrogen-bond acceptors (Lipinski definition) is 4. The predicted octanol–water partition coefficient (Wildman–Crippen LogP) is 3.34. The minimum atomic E-state index is 0.0752. The van der Waals surface area contributed by atoms with Gasteiger partial charge in [-0.2, -0.15) is 0 Å². The first-order valence-corrected chi connectivity index (χ1v) is 7.45. The summed E-state index contributed by atoms with van der Waals surface area (Å²) in [5.74, 6) is 0.975. The van der Waals surface area contributed by atoms with Crippen LogP contribution in [0.4, 0.5) is 0 Å². The molecule has 4 rings (SSSR count). The van der Waals surface area contributed by atoms with Crippen LogP contribution in [-0.2, 0) is 0 Å². The normalized spacial score (nSPS) is 14.5. The van der Waals surface area contributed by atoms with Crippen LogP contribution in [0, 0.1) is 6.92 Å². The lowest BCUT2D eigenvalue weighted by Crippen LogP contribution is -2.01. The molecule has 3 aromatic rings. The second-order valence-corrected chi connectivity index (χ2v) is 5.82. The standard InChI is InChI=1S/C17H16N4O/c1-10-14(8-18-9-19-10)17-20-15-6-3-12(11(2)22)7-16(15)21(17)13-4-5-13/h3,6-9,13H,4-5H2,1-2H3. The average Bonchev–Trinajstić information content (AvgIpc) is 3.27. The summed E-state index contributed by atoms with van der Waals surface area (Å²) in [6.07, 6.45) is 5.66. The number of benzene rings is 1. The molecule has 0 radical (unpaired) electrons. The van der Waals surface area contributed by atoms with Crippen molar-refractivity contribution in [3.63, 3.8) is 0 Å². The van der Waals surface area contributed by atoms with Gasteiger partial charge in [0.1, 0.15) is 12.2 Å². The lowest BCUT2D eigenvalue weighted by molar-refractivity contribution is 0.101. The second kappa shape index (κ2) is 4.73. The molecule has 2 aromatic heterocycles. The van der Waals surface area contributed by atoms with E-state index in [0.29, 0.717) is 6.04 Å². The number of Topliss-reactive ketones (excluding diaryl/α,β-unsaturated/α-hetero) is 1. The maximum atomic E-state index is 11.7. The molecule has 0 unspecified atom stereocenters. The third kappa shape index (κ3) is 2.01. The SMILES string of the molecule is CC(=O)c1ccc2nc(-c3cncnc3C)n(C3CC3)c2c1. The van der Waals surface area contributed by atoms with E-state index in [4.69, 9.17) is 4.98 Å². The molecule has 2 heterocycles. The summed E-state index contributed by atoms with van der Waals surface area (Å²) in [6.45, 7) is 3.56. The van der Waals surface area contributed by atoms with Gasteiger partial charge in [-0.15, -0.1) is 0 Å². The van der Waals surface area contributed by atoms with E-state index in [2.05, 4.69) is 14.5 Å². The van der Waals surface area contributed by atoms with Crippen LogP contribution < -0.4 is 0 Å². The van der Waals surface area contributed by atoms with E-state index in [9.17, 15) is 4.79 Å². The van der Waals surface area contributed by atoms with Crippen LogP contribution in [0.3, 0.4) is 0 Å². The Morgan fingerprint density at radius 1 is 1.32 bits per heavy atom. The summed E-state index contributed by atoms with van der Waals surface area (Å²) in [6, 6.07) is 6.17. The number of aryl methyl sites for hydroxylation is 1. The molecule has 0 spiro atoms. The van der Waals surface area contributed by atoms with Crippen LogP contribution in [-0.4, -0.2) is 25.3 Å². The number of aromatic nitrogens is 4. The van der Waals surface area contributed by atoms with Crippen molar-refractivity contribution in [1.82, 2.24) is 19.5 Å². The molecule has 0 atom stereocenters. The Hall–Kier alpha value is -2.56. The third-order valence-corrected chi connectivity index (χ3v) is 4.16. The Kier molecular flexibility index (Phi) is 2.82.